The lowest BCUT2D eigenvalue weighted by atomic mass is 10.0. The maximum absolute atomic E-state index is 13.0. The van der Waals surface area contributed by atoms with Crippen LogP contribution < -0.4 is 0 Å². The Morgan fingerprint density at radius 2 is 1.69 bits per heavy atom. The molecule has 1 atom stereocenters. The van der Waals surface area contributed by atoms with Crippen LogP contribution in [0, 0.1) is 5.92 Å². The van der Waals surface area contributed by atoms with Crippen LogP contribution in [-0.4, -0.2) is 34.1 Å². The third-order valence-electron chi connectivity index (χ3n) is 4.03. The summed E-state index contributed by atoms with van der Waals surface area (Å²) in [6, 6.07) is 10.8. The molecule has 0 aliphatic rings. The Morgan fingerprint density at radius 1 is 1.08 bits per heavy atom. The molecule has 0 radical (unpaired) electrons. The number of rotatable bonds is 6. The Bertz CT molecular complexity index is 802. The van der Waals surface area contributed by atoms with Gasteiger partial charge in [0.25, 0.3) is 0 Å². The van der Waals surface area contributed by atoms with Crippen LogP contribution in [0.3, 0.4) is 0 Å². The fraction of sp³-hybridized carbons (Fsp3) is 0.368. The van der Waals surface area contributed by atoms with Gasteiger partial charge in [0.1, 0.15) is 6.04 Å². The Hall–Kier alpha value is -2.57. The van der Waals surface area contributed by atoms with Crippen molar-refractivity contribution in [2.24, 2.45) is 5.92 Å². The molecule has 26 heavy (non-hydrogen) atoms. The highest BCUT2D eigenvalue weighted by Gasteiger charge is 2.46. The molecular formula is C19H20F3NO3. The molecule has 0 heterocycles. The van der Waals surface area contributed by atoms with Gasteiger partial charge >= 0.3 is 18.1 Å². The van der Waals surface area contributed by atoms with E-state index in [9.17, 15) is 27.9 Å². The van der Waals surface area contributed by atoms with E-state index in [-0.39, 0.29) is 12.3 Å². The van der Waals surface area contributed by atoms with E-state index in [1.165, 1.54) is 0 Å². The quantitative estimate of drug-likeness (QED) is 0.831. The summed E-state index contributed by atoms with van der Waals surface area (Å²) < 4.78 is 39.1. The maximum atomic E-state index is 13.0. The third-order valence-corrected chi connectivity index (χ3v) is 4.03. The van der Waals surface area contributed by atoms with Gasteiger partial charge in [0.15, 0.2) is 0 Å². The van der Waals surface area contributed by atoms with Crippen molar-refractivity contribution in [3.63, 3.8) is 0 Å². The fourth-order valence-corrected chi connectivity index (χ4v) is 2.83. The molecule has 0 fully saturated rings. The number of fused-ring (bicyclic) bond motifs is 1. The molecule has 0 spiro atoms. The monoisotopic (exact) mass is 367 g/mol. The molecule has 0 saturated heterocycles. The van der Waals surface area contributed by atoms with Crippen LogP contribution in [0.5, 0.6) is 0 Å². The second-order valence-electron chi connectivity index (χ2n) is 6.60. The summed E-state index contributed by atoms with van der Waals surface area (Å²) in [6.45, 7) is 2.97. The molecule has 2 rings (SSSR count). The molecule has 0 saturated carbocycles. The second-order valence-corrected chi connectivity index (χ2v) is 6.60. The van der Waals surface area contributed by atoms with Gasteiger partial charge in [0.2, 0.25) is 0 Å². The SMILES string of the molecule is CC(C)C[C@@H](C(=O)O)N(Cc1ccc2ccccc2c1)C(=O)C(F)(F)F. The number of halogens is 3. The summed E-state index contributed by atoms with van der Waals surface area (Å²) in [4.78, 5) is 23.9. The Morgan fingerprint density at radius 3 is 2.23 bits per heavy atom. The van der Waals surface area contributed by atoms with E-state index in [4.69, 9.17) is 0 Å². The van der Waals surface area contributed by atoms with E-state index < -0.39 is 30.6 Å². The molecule has 2 aromatic carbocycles. The van der Waals surface area contributed by atoms with Crippen molar-refractivity contribution in [2.75, 3.05) is 0 Å². The summed E-state index contributed by atoms with van der Waals surface area (Å²) in [7, 11) is 0. The number of aliphatic carboxylic acids is 1. The zero-order valence-electron chi connectivity index (χ0n) is 14.5. The molecule has 140 valence electrons. The van der Waals surface area contributed by atoms with Crippen LogP contribution in [0.1, 0.15) is 25.8 Å². The molecule has 0 unspecified atom stereocenters. The number of amides is 1. The van der Waals surface area contributed by atoms with Crippen molar-refractivity contribution < 1.29 is 27.9 Å². The van der Waals surface area contributed by atoms with Gasteiger partial charge in [-0.3, -0.25) is 4.79 Å². The molecule has 0 bridgehead atoms. The van der Waals surface area contributed by atoms with Gasteiger partial charge in [0.05, 0.1) is 0 Å². The highest BCUT2D eigenvalue weighted by molar-refractivity contribution is 5.87. The standard InChI is InChI=1S/C19H20F3NO3/c1-12(2)9-16(17(24)25)23(18(26)19(20,21)22)11-13-7-8-14-5-3-4-6-15(14)10-13/h3-8,10,12,16H,9,11H2,1-2H3,(H,24,25)/t16-/m0/s1. The van der Waals surface area contributed by atoms with Gasteiger partial charge in [-0.1, -0.05) is 50.2 Å². The van der Waals surface area contributed by atoms with E-state index in [2.05, 4.69) is 0 Å². The highest BCUT2D eigenvalue weighted by atomic mass is 19.4. The van der Waals surface area contributed by atoms with Crippen LogP contribution in [0.2, 0.25) is 0 Å². The van der Waals surface area contributed by atoms with Gasteiger partial charge in [-0.25, -0.2) is 4.79 Å². The average molecular weight is 367 g/mol. The van der Waals surface area contributed by atoms with Crippen molar-refractivity contribution >= 4 is 22.6 Å². The predicted octanol–water partition coefficient (Wildman–Crippen LogP) is 4.23. The normalized spacial score (nSPS) is 13.0. The molecule has 1 amide bonds. The van der Waals surface area contributed by atoms with Crippen molar-refractivity contribution in [3.05, 3.63) is 48.0 Å². The number of carboxylic acid groups (broad SMARTS) is 1. The zero-order valence-corrected chi connectivity index (χ0v) is 14.5. The molecule has 4 nitrogen and oxygen atoms in total. The predicted molar refractivity (Wildman–Crippen MR) is 91.4 cm³/mol. The Labute approximate surface area is 149 Å². The summed E-state index contributed by atoms with van der Waals surface area (Å²) >= 11 is 0. The van der Waals surface area contributed by atoms with E-state index in [1.54, 1.807) is 44.2 Å². The minimum absolute atomic E-state index is 0.0647. The van der Waals surface area contributed by atoms with Crippen molar-refractivity contribution in [3.8, 4) is 0 Å². The molecular weight excluding hydrogens is 347 g/mol. The number of alkyl halides is 3. The van der Waals surface area contributed by atoms with Crippen molar-refractivity contribution in [1.82, 2.24) is 4.90 Å². The molecule has 1 N–H and O–H groups in total. The van der Waals surface area contributed by atoms with E-state index >= 15 is 0 Å². The number of hydrogen-bond donors (Lipinski definition) is 1. The summed E-state index contributed by atoms with van der Waals surface area (Å²) in [5.74, 6) is -3.77. The number of nitrogens with zero attached hydrogens (tertiary/aromatic N) is 1. The Kier molecular flexibility index (Phi) is 5.90. The first-order valence-electron chi connectivity index (χ1n) is 8.18. The first-order chi connectivity index (χ1) is 12.1. The van der Waals surface area contributed by atoms with Crippen LogP contribution in [0.25, 0.3) is 10.8 Å². The topological polar surface area (TPSA) is 57.6 Å². The van der Waals surface area contributed by atoms with Crippen LogP contribution in [-0.2, 0) is 16.1 Å². The zero-order chi connectivity index (χ0) is 19.5. The summed E-state index contributed by atoms with van der Waals surface area (Å²) in [5, 5.41) is 11.1. The minimum atomic E-state index is -5.14. The van der Waals surface area contributed by atoms with Crippen LogP contribution in [0.15, 0.2) is 42.5 Å². The van der Waals surface area contributed by atoms with Crippen LogP contribution in [0.4, 0.5) is 13.2 Å². The first kappa shape index (κ1) is 19.8. The van der Waals surface area contributed by atoms with Gasteiger partial charge in [-0.2, -0.15) is 13.2 Å². The number of carbonyl (C=O) groups is 2. The van der Waals surface area contributed by atoms with E-state index in [0.717, 1.165) is 10.8 Å². The largest absolute Gasteiger partial charge is 0.480 e. The highest BCUT2D eigenvalue weighted by Crippen LogP contribution is 2.25. The fourth-order valence-electron chi connectivity index (χ4n) is 2.83. The molecule has 0 aromatic heterocycles. The minimum Gasteiger partial charge on any atom is -0.480 e. The van der Waals surface area contributed by atoms with E-state index in [0.29, 0.717) is 10.5 Å². The summed E-state index contributed by atoms with van der Waals surface area (Å²) in [5.41, 5.74) is 0.441. The first-order valence-corrected chi connectivity index (χ1v) is 8.18. The summed E-state index contributed by atoms with van der Waals surface area (Å²) in [6.07, 6.45) is -5.20. The third kappa shape index (κ3) is 4.74. The molecule has 2 aromatic rings. The average Bonchev–Trinajstić information content (AvgIpc) is 2.56. The second kappa shape index (κ2) is 7.76. The van der Waals surface area contributed by atoms with Gasteiger partial charge in [-0.05, 0) is 34.7 Å². The Balaban J connectivity index is 2.41. The molecule has 7 heteroatoms. The van der Waals surface area contributed by atoms with E-state index in [1.807, 2.05) is 12.1 Å². The lowest BCUT2D eigenvalue weighted by molar-refractivity contribution is -0.191. The number of carboxylic acids is 1. The number of hydrogen-bond acceptors (Lipinski definition) is 2. The van der Waals surface area contributed by atoms with Gasteiger partial charge in [-0.15, -0.1) is 0 Å². The van der Waals surface area contributed by atoms with Gasteiger partial charge < -0.3 is 10.0 Å². The lowest BCUT2D eigenvalue weighted by Gasteiger charge is -2.30. The van der Waals surface area contributed by atoms with Crippen molar-refractivity contribution in [1.29, 1.82) is 0 Å². The molecule has 0 aliphatic heterocycles. The lowest BCUT2D eigenvalue weighted by Crippen LogP contribution is -2.50. The number of benzene rings is 2. The smallest absolute Gasteiger partial charge is 0.471 e. The van der Waals surface area contributed by atoms with Crippen molar-refractivity contribution in [2.45, 2.75) is 39.0 Å². The molecule has 0 aliphatic carbocycles. The van der Waals surface area contributed by atoms with Crippen LogP contribution >= 0.6 is 0 Å². The number of carbonyl (C=O) groups excluding carboxylic acids is 1. The van der Waals surface area contributed by atoms with Gasteiger partial charge in [0, 0.05) is 6.54 Å². The maximum Gasteiger partial charge on any atom is 0.471 e.